The third kappa shape index (κ3) is 4.28. The van der Waals surface area contributed by atoms with E-state index in [1.807, 2.05) is 13.1 Å². The zero-order valence-corrected chi connectivity index (χ0v) is 10.8. The van der Waals surface area contributed by atoms with Crippen molar-refractivity contribution in [2.24, 2.45) is 5.73 Å². The third-order valence-electron chi connectivity index (χ3n) is 2.17. The molecule has 0 radical (unpaired) electrons. The smallest absolute Gasteiger partial charge is 0.226 e. The maximum atomic E-state index is 11.5. The van der Waals surface area contributed by atoms with Gasteiger partial charge in [0, 0.05) is 23.5 Å². The third-order valence-corrected chi connectivity index (χ3v) is 3.38. The minimum absolute atomic E-state index is 0.0121. The predicted octanol–water partition coefficient (Wildman–Crippen LogP) is 2.33. The molecule has 0 fully saturated rings. The molecule has 1 aromatic rings. The SMILES string of the molecule is CC(N)CCC(=O)Nc1ncc(C(C)C)s1. The fraction of sp³-hybridized carbons (Fsp3) is 0.636. The van der Waals surface area contributed by atoms with Gasteiger partial charge in [0.05, 0.1) is 0 Å². The summed E-state index contributed by atoms with van der Waals surface area (Å²) in [6.07, 6.45) is 2.97. The Labute approximate surface area is 100 Å². The van der Waals surface area contributed by atoms with Gasteiger partial charge in [-0.1, -0.05) is 13.8 Å². The maximum Gasteiger partial charge on any atom is 0.226 e. The normalized spacial score (nSPS) is 12.8. The molecule has 0 bridgehead atoms. The van der Waals surface area contributed by atoms with E-state index in [4.69, 9.17) is 5.73 Å². The summed E-state index contributed by atoms with van der Waals surface area (Å²) in [6, 6.07) is 0.0632. The van der Waals surface area contributed by atoms with Crippen LogP contribution < -0.4 is 11.1 Å². The number of nitrogens with zero attached hydrogens (tertiary/aromatic N) is 1. The van der Waals surface area contributed by atoms with E-state index in [-0.39, 0.29) is 11.9 Å². The quantitative estimate of drug-likeness (QED) is 0.831. The number of anilines is 1. The highest BCUT2D eigenvalue weighted by Crippen LogP contribution is 2.25. The number of rotatable bonds is 5. The first-order chi connectivity index (χ1) is 7.49. The Balaban J connectivity index is 2.43. The zero-order valence-electron chi connectivity index (χ0n) is 9.99. The number of aromatic nitrogens is 1. The molecule has 4 nitrogen and oxygen atoms in total. The number of thiazole rings is 1. The second kappa shape index (κ2) is 5.96. The van der Waals surface area contributed by atoms with Crippen molar-refractivity contribution in [3.8, 4) is 0 Å². The first kappa shape index (κ1) is 13.1. The highest BCUT2D eigenvalue weighted by Gasteiger charge is 2.09. The van der Waals surface area contributed by atoms with Gasteiger partial charge in [0.1, 0.15) is 0 Å². The van der Waals surface area contributed by atoms with Crippen LogP contribution in [0.4, 0.5) is 5.13 Å². The van der Waals surface area contributed by atoms with E-state index < -0.39 is 0 Å². The first-order valence-corrected chi connectivity index (χ1v) is 6.32. The summed E-state index contributed by atoms with van der Waals surface area (Å²) in [4.78, 5) is 16.8. The van der Waals surface area contributed by atoms with E-state index in [0.717, 1.165) is 0 Å². The van der Waals surface area contributed by atoms with Crippen LogP contribution in [0.5, 0.6) is 0 Å². The number of carbonyl (C=O) groups is 1. The Morgan fingerprint density at radius 1 is 1.56 bits per heavy atom. The molecule has 0 aromatic carbocycles. The lowest BCUT2D eigenvalue weighted by Gasteiger charge is -2.04. The molecule has 0 aliphatic heterocycles. The van der Waals surface area contributed by atoms with E-state index in [9.17, 15) is 4.79 Å². The molecular weight excluding hydrogens is 222 g/mol. The van der Waals surface area contributed by atoms with Crippen LogP contribution in [0.3, 0.4) is 0 Å². The fourth-order valence-electron chi connectivity index (χ4n) is 1.15. The molecule has 1 amide bonds. The van der Waals surface area contributed by atoms with Crippen molar-refractivity contribution < 1.29 is 4.79 Å². The van der Waals surface area contributed by atoms with Crippen LogP contribution in [0.1, 0.15) is 44.4 Å². The summed E-state index contributed by atoms with van der Waals surface area (Å²) < 4.78 is 0. The number of amides is 1. The molecule has 1 aromatic heterocycles. The van der Waals surface area contributed by atoms with Gasteiger partial charge in [0.2, 0.25) is 5.91 Å². The molecule has 0 saturated carbocycles. The molecule has 3 N–H and O–H groups in total. The Kier molecular flexibility index (Phi) is 4.89. The second-order valence-corrected chi connectivity index (χ2v) is 5.35. The molecule has 0 spiro atoms. The van der Waals surface area contributed by atoms with Gasteiger partial charge in [0.15, 0.2) is 5.13 Å². The highest BCUT2D eigenvalue weighted by atomic mass is 32.1. The predicted molar refractivity (Wildman–Crippen MR) is 67.7 cm³/mol. The Morgan fingerprint density at radius 3 is 2.75 bits per heavy atom. The Hall–Kier alpha value is -0.940. The van der Waals surface area contributed by atoms with E-state index in [2.05, 4.69) is 24.1 Å². The van der Waals surface area contributed by atoms with Crippen molar-refractivity contribution in [3.63, 3.8) is 0 Å². The molecule has 5 heteroatoms. The maximum absolute atomic E-state index is 11.5. The molecule has 1 atom stereocenters. The van der Waals surface area contributed by atoms with Crippen molar-refractivity contribution in [2.75, 3.05) is 5.32 Å². The van der Waals surface area contributed by atoms with Crippen molar-refractivity contribution in [1.82, 2.24) is 4.98 Å². The van der Waals surface area contributed by atoms with Crippen molar-refractivity contribution in [2.45, 2.75) is 45.6 Å². The van der Waals surface area contributed by atoms with Crippen LogP contribution in [0.15, 0.2) is 6.20 Å². The summed E-state index contributed by atoms with van der Waals surface area (Å²) in [5.74, 6) is 0.439. The molecule has 1 rings (SSSR count). The van der Waals surface area contributed by atoms with Crippen LogP contribution in [0.25, 0.3) is 0 Å². The Morgan fingerprint density at radius 2 is 2.25 bits per heavy atom. The summed E-state index contributed by atoms with van der Waals surface area (Å²) in [5.41, 5.74) is 5.58. The highest BCUT2D eigenvalue weighted by molar-refractivity contribution is 7.15. The average molecular weight is 241 g/mol. The largest absolute Gasteiger partial charge is 0.328 e. The minimum Gasteiger partial charge on any atom is -0.328 e. The fourth-order valence-corrected chi connectivity index (χ4v) is 1.99. The van der Waals surface area contributed by atoms with Crippen LogP contribution >= 0.6 is 11.3 Å². The molecular formula is C11H19N3OS. The summed E-state index contributed by atoms with van der Waals surface area (Å²) >= 11 is 1.53. The molecule has 0 aliphatic rings. The van der Waals surface area contributed by atoms with Gasteiger partial charge in [-0.2, -0.15) is 0 Å². The summed E-state index contributed by atoms with van der Waals surface area (Å²) in [7, 11) is 0. The lowest BCUT2D eigenvalue weighted by atomic mass is 10.2. The van der Waals surface area contributed by atoms with Crippen LogP contribution in [0.2, 0.25) is 0 Å². The lowest BCUT2D eigenvalue weighted by molar-refractivity contribution is -0.116. The summed E-state index contributed by atoms with van der Waals surface area (Å²) in [5, 5.41) is 3.46. The van der Waals surface area contributed by atoms with Gasteiger partial charge in [-0.25, -0.2) is 4.98 Å². The van der Waals surface area contributed by atoms with Crippen LogP contribution in [0, 0.1) is 0 Å². The van der Waals surface area contributed by atoms with Gasteiger partial charge in [-0.15, -0.1) is 11.3 Å². The topological polar surface area (TPSA) is 68.0 Å². The van der Waals surface area contributed by atoms with Gasteiger partial charge in [0.25, 0.3) is 0 Å². The average Bonchev–Trinajstić information content (AvgIpc) is 2.63. The second-order valence-electron chi connectivity index (χ2n) is 4.29. The monoisotopic (exact) mass is 241 g/mol. The number of hydrogen-bond donors (Lipinski definition) is 2. The number of hydrogen-bond acceptors (Lipinski definition) is 4. The van der Waals surface area contributed by atoms with Gasteiger partial charge < -0.3 is 11.1 Å². The molecule has 16 heavy (non-hydrogen) atoms. The molecule has 1 unspecified atom stereocenters. The van der Waals surface area contributed by atoms with E-state index in [1.54, 1.807) is 0 Å². The molecule has 1 heterocycles. The minimum atomic E-state index is -0.0121. The molecule has 0 aliphatic carbocycles. The van der Waals surface area contributed by atoms with Crippen LogP contribution in [-0.4, -0.2) is 16.9 Å². The van der Waals surface area contributed by atoms with Gasteiger partial charge in [-0.05, 0) is 19.3 Å². The van der Waals surface area contributed by atoms with Gasteiger partial charge in [-0.3, -0.25) is 4.79 Å². The van der Waals surface area contributed by atoms with E-state index in [0.29, 0.717) is 23.9 Å². The van der Waals surface area contributed by atoms with E-state index >= 15 is 0 Å². The van der Waals surface area contributed by atoms with Gasteiger partial charge >= 0.3 is 0 Å². The van der Waals surface area contributed by atoms with Crippen LogP contribution in [-0.2, 0) is 4.79 Å². The summed E-state index contributed by atoms with van der Waals surface area (Å²) in [6.45, 7) is 6.11. The van der Waals surface area contributed by atoms with Crippen molar-refractivity contribution >= 4 is 22.4 Å². The first-order valence-electron chi connectivity index (χ1n) is 5.50. The standard InChI is InChI=1S/C11H19N3OS/c1-7(2)9-6-13-11(16-9)14-10(15)5-4-8(3)12/h6-8H,4-5,12H2,1-3H3,(H,13,14,15). The van der Waals surface area contributed by atoms with Crippen molar-refractivity contribution in [3.05, 3.63) is 11.1 Å². The zero-order chi connectivity index (χ0) is 12.1. The van der Waals surface area contributed by atoms with E-state index in [1.165, 1.54) is 16.2 Å². The number of carbonyl (C=O) groups excluding carboxylic acids is 1. The number of nitrogens with one attached hydrogen (secondary N) is 1. The lowest BCUT2D eigenvalue weighted by Crippen LogP contribution is -2.19. The van der Waals surface area contributed by atoms with Crippen molar-refractivity contribution in [1.29, 1.82) is 0 Å². The Bertz CT molecular complexity index is 347. The molecule has 90 valence electrons. The number of nitrogens with two attached hydrogens (primary N) is 1. The molecule has 0 saturated heterocycles.